The number of hydrogen-bond acceptors (Lipinski definition) is 6. The number of nitrogens with zero attached hydrogens (tertiary/aromatic N) is 3. The van der Waals surface area contributed by atoms with Crippen LogP contribution in [0.4, 0.5) is 0 Å². The van der Waals surface area contributed by atoms with Crippen molar-refractivity contribution < 1.29 is 9.90 Å². The number of aromatic nitrogens is 3. The van der Waals surface area contributed by atoms with Gasteiger partial charge in [0.15, 0.2) is 0 Å². The van der Waals surface area contributed by atoms with Gasteiger partial charge in [0.2, 0.25) is 0 Å². The minimum Gasteiger partial charge on any atom is -0.481 e. The molecule has 3 rings (SSSR count). The van der Waals surface area contributed by atoms with Crippen LogP contribution in [0.1, 0.15) is 15.6 Å². The Hall–Kier alpha value is -2.32. The standard InChI is InChI=1S/C14H11N3O3S2/c1-2-8-4-15-12(22-8)5-17-14(20)10-7-21-6-9(10)11(16-17)3-13(18)19/h2,4,6-7H,1,3,5H2,(H,18,19). The fraction of sp³-hybridized carbons (Fsp3) is 0.143. The zero-order chi connectivity index (χ0) is 15.7. The normalized spacial score (nSPS) is 10.9. The number of fused-ring (bicyclic) bond motifs is 1. The summed E-state index contributed by atoms with van der Waals surface area (Å²) in [6, 6.07) is 0. The molecule has 0 bridgehead atoms. The first kappa shape index (κ1) is 14.6. The second-order valence-electron chi connectivity index (χ2n) is 4.54. The summed E-state index contributed by atoms with van der Waals surface area (Å²) in [5, 5.41) is 18.5. The molecule has 0 saturated heterocycles. The largest absolute Gasteiger partial charge is 0.481 e. The van der Waals surface area contributed by atoms with Crippen LogP contribution in [0.25, 0.3) is 16.8 Å². The molecule has 6 nitrogen and oxygen atoms in total. The van der Waals surface area contributed by atoms with Crippen LogP contribution in [-0.4, -0.2) is 25.8 Å². The zero-order valence-corrected chi connectivity index (χ0v) is 13.0. The topological polar surface area (TPSA) is 85.1 Å². The molecule has 0 fully saturated rings. The molecule has 0 radical (unpaired) electrons. The molecule has 0 atom stereocenters. The molecule has 0 unspecified atom stereocenters. The maximum absolute atomic E-state index is 12.4. The molecule has 3 aromatic heterocycles. The van der Waals surface area contributed by atoms with Gasteiger partial charge in [-0.15, -0.1) is 11.3 Å². The van der Waals surface area contributed by atoms with Crippen molar-refractivity contribution in [3.05, 3.63) is 49.5 Å². The van der Waals surface area contributed by atoms with E-state index in [0.29, 0.717) is 16.5 Å². The number of thiophene rings is 1. The number of carboxylic acid groups (broad SMARTS) is 1. The molecule has 0 aliphatic carbocycles. The van der Waals surface area contributed by atoms with Crippen LogP contribution in [0, 0.1) is 0 Å². The van der Waals surface area contributed by atoms with Gasteiger partial charge < -0.3 is 5.11 Å². The number of rotatable bonds is 5. The van der Waals surface area contributed by atoms with Crippen LogP contribution in [0.5, 0.6) is 0 Å². The van der Waals surface area contributed by atoms with Crippen LogP contribution in [0.2, 0.25) is 0 Å². The Kier molecular flexibility index (Phi) is 3.86. The van der Waals surface area contributed by atoms with E-state index in [1.54, 1.807) is 23.0 Å². The van der Waals surface area contributed by atoms with E-state index in [1.165, 1.54) is 27.4 Å². The van der Waals surface area contributed by atoms with Gasteiger partial charge in [0.05, 0.1) is 24.0 Å². The fourth-order valence-corrected chi connectivity index (χ4v) is 3.66. The fourth-order valence-electron chi connectivity index (χ4n) is 2.07. The highest BCUT2D eigenvalue weighted by molar-refractivity contribution is 7.12. The van der Waals surface area contributed by atoms with Crippen LogP contribution < -0.4 is 5.56 Å². The Labute approximate surface area is 133 Å². The van der Waals surface area contributed by atoms with Gasteiger partial charge in [0.25, 0.3) is 5.56 Å². The highest BCUT2D eigenvalue weighted by Gasteiger charge is 2.15. The minimum atomic E-state index is -0.978. The Balaban J connectivity index is 2.08. The Bertz CT molecular complexity index is 923. The Morgan fingerprint density at radius 3 is 2.86 bits per heavy atom. The second kappa shape index (κ2) is 5.82. The Morgan fingerprint density at radius 2 is 2.18 bits per heavy atom. The highest BCUT2D eigenvalue weighted by atomic mass is 32.1. The molecule has 112 valence electrons. The number of aliphatic carboxylic acids is 1. The van der Waals surface area contributed by atoms with E-state index in [1.807, 2.05) is 0 Å². The maximum Gasteiger partial charge on any atom is 0.309 e. The predicted molar refractivity (Wildman–Crippen MR) is 86.5 cm³/mol. The summed E-state index contributed by atoms with van der Waals surface area (Å²) < 4.78 is 1.28. The van der Waals surface area contributed by atoms with E-state index in [-0.39, 0.29) is 18.5 Å². The maximum atomic E-state index is 12.4. The summed E-state index contributed by atoms with van der Waals surface area (Å²) >= 11 is 2.78. The van der Waals surface area contributed by atoms with E-state index < -0.39 is 5.97 Å². The number of thiazole rings is 1. The van der Waals surface area contributed by atoms with E-state index in [2.05, 4.69) is 16.7 Å². The van der Waals surface area contributed by atoms with E-state index in [0.717, 1.165) is 9.88 Å². The summed E-state index contributed by atoms with van der Waals surface area (Å²) in [7, 11) is 0. The molecule has 1 N–H and O–H groups in total. The quantitative estimate of drug-likeness (QED) is 0.774. The van der Waals surface area contributed by atoms with E-state index in [9.17, 15) is 9.59 Å². The third-order valence-electron chi connectivity index (χ3n) is 3.06. The van der Waals surface area contributed by atoms with Gasteiger partial charge in [0.1, 0.15) is 5.01 Å². The lowest BCUT2D eigenvalue weighted by molar-refractivity contribution is -0.136. The average molecular weight is 333 g/mol. The molecule has 0 aliphatic heterocycles. The molecule has 0 spiro atoms. The lowest BCUT2D eigenvalue weighted by atomic mass is 10.2. The molecule has 0 amide bonds. The van der Waals surface area contributed by atoms with E-state index in [4.69, 9.17) is 5.11 Å². The minimum absolute atomic E-state index is 0.218. The summed E-state index contributed by atoms with van der Waals surface area (Å²) in [5.41, 5.74) is 0.157. The van der Waals surface area contributed by atoms with Gasteiger partial charge in [-0.1, -0.05) is 12.7 Å². The Morgan fingerprint density at radius 1 is 1.41 bits per heavy atom. The van der Waals surface area contributed by atoms with Crippen molar-refractivity contribution in [3.63, 3.8) is 0 Å². The molecule has 0 aromatic carbocycles. The van der Waals surface area contributed by atoms with Gasteiger partial charge in [-0.2, -0.15) is 16.4 Å². The van der Waals surface area contributed by atoms with Gasteiger partial charge in [0, 0.05) is 27.2 Å². The van der Waals surface area contributed by atoms with Gasteiger partial charge in [-0.25, -0.2) is 9.67 Å². The van der Waals surface area contributed by atoms with Crippen LogP contribution >= 0.6 is 22.7 Å². The highest BCUT2D eigenvalue weighted by Crippen LogP contribution is 2.20. The van der Waals surface area contributed by atoms with Crippen molar-refractivity contribution in [2.24, 2.45) is 0 Å². The summed E-state index contributed by atoms with van der Waals surface area (Å²) in [6.45, 7) is 3.89. The van der Waals surface area contributed by atoms with Gasteiger partial charge in [-0.05, 0) is 0 Å². The second-order valence-corrected chi connectivity index (χ2v) is 6.43. The number of hydrogen-bond donors (Lipinski definition) is 1. The van der Waals surface area contributed by atoms with E-state index >= 15 is 0 Å². The summed E-state index contributed by atoms with van der Waals surface area (Å²) in [6.07, 6.45) is 3.15. The SMILES string of the molecule is C=Cc1cnc(Cn2nc(CC(=O)O)c3cscc3c2=O)s1. The third kappa shape index (κ3) is 2.70. The van der Waals surface area contributed by atoms with Gasteiger partial charge in [-0.3, -0.25) is 9.59 Å². The zero-order valence-electron chi connectivity index (χ0n) is 11.4. The molecular formula is C14H11N3O3S2. The average Bonchev–Trinajstić information content (AvgIpc) is 3.12. The summed E-state index contributed by atoms with van der Waals surface area (Å²) in [4.78, 5) is 28.5. The molecule has 0 aliphatic rings. The van der Waals surface area contributed by atoms with Crippen LogP contribution in [-0.2, 0) is 17.8 Å². The summed E-state index contributed by atoms with van der Waals surface area (Å²) in [5.74, 6) is -0.978. The van der Waals surface area contributed by atoms with Crippen molar-refractivity contribution in [2.45, 2.75) is 13.0 Å². The third-order valence-corrected chi connectivity index (χ3v) is 4.78. The molecule has 0 saturated carbocycles. The first-order valence-electron chi connectivity index (χ1n) is 6.33. The number of carbonyl (C=O) groups is 1. The van der Waals surface area contributed by atoms with Crippen molar-refractivity contribution in [3.8, 4) is 0 Å². The van der Waals surface area contributed by atoms with Crippen molar-refractivity contribution >= 4 is 45.5 Å². The molecule has 22 heavy (non-hydrogen) atoms. The molecule has 8 heteroatoms. The van der Waals surface area contributed by atoms with Gasteiger partial charge >= 0.3 is 5.97 Å². The molecular weight excluding hydrogens is 322 g/mol. The predicted octanol–water partition coefficient (Wildman–Crippen LogP) is 2.23. The smallest absolute Gasteiger partial charge is 0.309 e. The molecule has 3 aromatic rings. The van der Waals surface area contributed by atoms with Crippen molar-refractivity contribution in [1.82, 2.24) is 14.8 Å². The molecule has 3 heterocycles. The van der Waals surface area contributed by atoms with Crippen LogP contribution in [0.15, 0.2) is 28.3 Å². The lowest BCUT2D eigenvalue weighted by Gasteiger charge is -2.06. The van der Waals surface area contributed by atoms with Crippen molar-refractivity contribution in [2.75, 3.05) is 0 Å². The lowest BCUT2D eigenvalue weighted by Crippen LogP contribution is -2.25. The first-order valence-corrected chi connectivity index (χ1v) is 8.09. The monoisotopic (exact) mass is 333 g/mol. The number of carboxylic acids is 1. The van der Waals surface area contributed by atoms with Crippen LogP contribution in [0.3, 0.4) is 0 Å². The first-order chi connectivity index (χ1) is 10.6. The van der Waals surface area contributed by atoms with Crippen molar-refractivity contribution in [1.29, 1.82) is 0 Å².